The van der Waals surface area contributed by atoms with Crippen molar-refractivity contribution in [2.75, 3.05) is 76.9 Å². The molecule has 5 rings (SSSR count). The number of piperazine rings is 1. The van der Waals surface area contributed by atoms with Crippen LogP contribution in [0.1, 0.15) is 17.7 Å². The maximum Gasteiger partial charge on any atom is 0.211 e. The summed E-state index contributed by atoms with van der Waals surface area (Å²) in [6.45, 7) is 6.49. The smallest absolute Gasteiger partial charge is 0.211 e. The average molecular weight is 588 g/mol. The molecule has 0 spiro atoms. The zero-order valence-electron chi connectivity index (χ0n) is 22.9. The number of fused-ring (bicyclic) bond motifs is 1. The van der Waals surface area contributed by atoms with E-state index in [9.17, 15) is 13.2 Å². The SMILES string of the molecule is CS(=O)(=O)N1CCN(Cc2cc3cc(-c4ccc(OCCCC(=O)CO)cc4)cc(N4CCOCC4)c3s2)CC1. The minimum atomic E-state index is -3.14. The molecule has 0 bridgehead atoms. The first-order valence-electron chi connectivity index (χ1n) is 13.7. The third-order valence-corrected chi connectivity index (χ3v) is 9.87. The van der Waals surface area contributed by atoms with Crippen molar-refractivity contribution in [2.45, 2.75) is 19.4 Å². The Morgan fingerprint density at radius 2 is 1.73 bits per heavy atom. The van der Waals surface area contributed by atoms with Crippen molar-refractivity contribution in [2.24, 2.45) is 0 Å². The number of hydrogen-bond acceptors (Lipinski definition) is 9. The van der Waals surface area contributed by atoms with E-state index in [1.165, 1.54) is 26.9 Å². The van der Waals surface area contributed by atoms with Crippen LogP contribution in [0.3, 0.4) is 0 Å². The number of carbonyl (C=O) groups excluding carboxylic acids is 1. The molecule has 2 aromatic carbocycles. The fourth-order valence-electron chi connectivity index (χ4n) is 5.19. The summed E-state index contributed by atoms with van der Waals surface area (Å²) < 4.78 is 38.0. The molecular weight excluding hydrogens is 550 g/mol. The van der Waals surface area contributed by atoms with E-state index in [2.05, 4.69) is 40.1 Å². The number of benzene rings is 2. The number of thiophene rings is 1. The fourth-order valence-corrected chi connectivity index (χ4v) is 7.24. The maximum atomic E-state index is 11.9. The number of morpholine rings is 1. The van der Waals surface area contributed by atoms with Crippen molar-refractivity contribution in [3.8, 4) is 16.9 Å². The first-order valence-corrected chi connectivity index (χ1v) is 16.4. The largest absolute Gasteiger partial charge is 0.494 e. The summed E-state index contributed by atoms with van der Waals surface area (Å²) in [6.07, 6.45) is 2.18. The van der Waals surface area contributed by atoms with Crippen molar-refractivity contribution in [3.05, 3.63) is 47.3 Å². The summed E-state index contributed by atoms with van der Waals surface area (Å²) in [4.78, 5) is 17.3. The highest BCUT2D eigenvalue weighted by Crippen LogP contribution is 2.39. The monoisotopic (exact) mass is 587 g/mol. The number of hydrogen-bond donors (Lipinski definition) is 1. The number of sulfonamides is 1. The third-order valence-electron chi connectivity index (χ3n) is 7.41. The van der Waals surface area contributed by atoms with Crippen LogP contribution in [-0.4, -0.2) is 100 Å². The van der Waals surface area contributed by atoms with Gasteiger partial charge in [-0.05, 0) is 53.3 Å². The van der Waals surface area contributed by atoms with E-state index < -0.39 is 16.6 Å². The van der Waals surface area contributed by atoms with Gasteiger partial charge in [0.2, 0.25) is 10.0 Å². The summed E-state index contributed by atoms with van der Waals surface area (Å²) >= 11 is 1.82. The van der Waals surface area contributed by atoms with Gasteiger partial charge in [0, 0.05) is 57.1 Å². The Balaban J connectivity index is 1.34. The first-order chi connectivity index (χ1) is 19.3. The predicted molar refractivity (Wildman–Crippen MR) is 159 cm³/mol. The van der Waals surface area contributed by atoms with Crippen molar-refractivity contribution < 1.29 is 27.8 Å². The van der Waals surface area contributed by atoms with Gasteiger partial charge in [0.25, 0.3) is 0 Å². The second kappa shape index (κ2) is 13.0. The minimum Gasteiger partial charge on any atom is -0.494 e. The van der Waals surface area contributed by atoms with Gasteiger partial charge in [-0.2, -0.15) is 4.31 Å². The summed E-state index contributed by atoms with van der Waals surface area (Å²) in [5.41, 5.74) is 3.46. The topological polar surface area (TPSA) is 99.6 Å². The van der Waals surface area contributed by atoms with Gasteiger partial charge >= 0.3 is 0 Å². The number of anilines is 1. The highest BCUT2D eigenvalue weighted by molar-refractivity contribution is 7.88. The van der Waals surface area contributed by atoms with E-state index in [-0.39, 0.29) is 5.78 Å². The molecule has 40 heavy (non-hydrogen) atoms. The lowest BCUT2D eigenvalue weighted by molar-refractivity contribution is -0.121. The molecular formula is C29H37N3O6S2. The molecule has 1 aromatic heterocycles. The Morgan fingerprint density at radius 1 is 1.00 bits per heavy atom. The number of ether oxygens (including phenoxy) is 2. The summed E-state index contributed by atoms with van der Waals surface area (Å²) in [5, 5.41) is 10.1. The number of carbonyl (C=O) groups is 1. The van der Waals surface area contributed by atoms with Crippen LogP contribution in [0.25, 0.3) is 21.2 Å². The van der Waals surface area contributed by atoms with E-state index >= 15 is 0 Å². The average Bonchev–Trinajstić information content (AvgIpc) is 3.37. The highest BCUT2D eigenvalue weighted by atomic mass is 32.2. The van der Waals surface area contributed by atoms with Gasteiger partial charge in [-0.1, -0.05) is 12.1 Å². The molecule has 0 saturated carbocycles. The van der Waals surface area contributed by atoms with Gasteiger partial charge in [-0.3, -0.25) is 9.69 Å². The van der Waals surface area contributed by atoms with Crippen LogP contribution in [0, 0.1) is 0 Å². The molecule has 216 valence electrons. The summed E-state index contributed by atoms with van der Waals surface area (Å²) in [7, 11) is -3.14. The minimum absolute atomic E-state index is 0.170. The highest BCUT2D eigenvalue weighted by Gasteiger charge is 2.24. The molecule has 2 fully saturated rings. The zero-order chi connectivity index (χ0) is 28.1. The van der Waals surface area contributed by atoms with Crippen molar-refractivity contribution >= 4 is 42.9 Å². The van der Waals surface area contributed by atoms with Crippen LogP contribution in [0.5, 0.6) is 5.75 Å². The van der Waals surface area contributed by atoms with Crippen molar-refractivity contribution in [1.82, 2.24) is 9.21 Å². The van der Waals surface area contributed by atoms with Gasteiger partial charge in [-0.25, -0.2) is 8.42 Å². The Hall–Kier alpha value is -2.54. The van der Waals surface area contributed by atoms with Crippen LogP contribution in [0.15, 0.2) is 42.5 Å². The van der Waals surface area contributed by atoms with E-state index in [0.717, 1.165) is 49.6 Å². The number of Topliss-reactive ketones (excluding diaryl/α,β-unsaturated/α-hetero) is 1. The van der Waals surface area contributed by atoms with Crippen LogP contribution < -0.4 is 9.64 Å². The van der Waals surface area contributed by atoms with E-state index in [1.54, 1.807) is 4.31 Å². The second-order valence-corrected chi connectivity index (χ2v) is 13.5. The number of nitrogens with zero attached hydrogens (tertiary/aromatic N) is 3. The lowest BCUT2D eigenvalue weighted by Crippen LogP contribution is -2.47. The molecule has 0 amide bonds. The number of aliphatic hydroxyl groups excluding tert-OH is 1. The van der Waals surface area contributed by atoms with Crippen molar-refractivity contribution in [3.63, 3.8) is 0 Å². The maximum absolute atomic E-state index is 11.9. The molecule has 2 aliphatic rings. The Kier molecular flexibility index (Phi) is 9.39. The number of rotatable bonds is 11. The Labute approximate surface area is 239 Å². The number of aliphatic hydroxyl groups is 1. The molecule has 1 N–H and O–H groups in total. The summed E-state index contributed by atoms with van der Waals surface area (Å²) in [6, 6.07) is 14.8. The Morgan fingerprint density at radius 3 is 2.40 bits per heavy atom. The standard InChI is InChI=1S/C29H37N3O6S2/c1-40(35,36)32-10-8-30(9-11-32)20-27-18-24-17-23(19-28(29(24)39-27)31-12-15-37-16-13-31)22-4-6-26(7-5-22)38-14-2-3-25(34)21-33/h4-7,17-19,33H,2-3,8-16,20-21H2,1H3. The third kappa shape index (κ3) is 7.20. The second-order valence-electron chi connectivity index (χ2n) is 10.3. The lowest BCUT2D eigenvalue weighted by atomic mass is 10.0. The van der Waals surface area contributed by atoms with Gasteiger partial charge in [0.15, 0.2) is 5.78 Å². The van der Waals surface area contributed by atoms with Crippen LogP contribution in [-0.2, 0) is 26.1 Å². The normalized spacial score (nSPS) is 17.4. The lowest BCUT2D eigenvalue weighted by Gasteiger charge is -2.32. The molecule has 11 heteroatoms. The van der Waals surface area contributed by atoms with E-state index in [1.807, 2.05) is 23.5 Å². The molecule has 2 aliphatic heterocycles. The van der Waals surface area contributed by atoms with Crippen molar-refractivity contribution in [1.29, 1.82) is 0 Å². The molecule has 0 radical (unpaired) electrons. The molecule has 3 aromatic rings. The van der Waals surface area contributed by atoms with Gasteiger partial charge in [-0.15, -0.1) is 11.3 Å². The van der Waals surface area contributed by atoms with Gasteiger partial charge in [0.1, 0.15) is 12.4 Å². The van der Waals surface area contributed by atoms with Crippen LogP contribution >= 0.6 is 11.3 Å². The molecule has 0 unspecified atom stereocenters. The zero-order valence-corrected chi connectivity index (χ0v) is 24.5. The summed E-state index contributed by atoms with van der Waals surface area (Å²) in [5.74, 6) is 0.583. The first kappa shape index (κ1) is 29.0. The van der Waals surface area contributed by atoms with Crippen LogP contribution in [0.4, 0.5) is 5.69 Å². The van der Waals surface area contributed by atoms with Gasteiger partial charge < -0.3 is 19.5 Å². The van der Waals surface area contributed by atoms with Gasteiger partial charge in [0.05, 0.1) is 36.5 Å². The predicted octanol–water partition coefficient (Wildman–Crippen LogP) is 3.20. The Bertz CT molecular complexity index is 1410. The fraction of sp³-hybridized carbons (Fsp3) is 0.483. The van der Waals surface area contributed by atoms with E-state index in [4.69, 9.17) is 14.6 Å². The van der Waals surface area contributed by atoms with Crippen LogP contribution in [0.2, 0.25) is 0 Å². The quantitative estimate of drug-likeness (QED) is 0.342. The van der Waals surface area contributed by atoms with E-state index in [0.29, 0.717) is 45.8 Å². The molecule has 0 aliphatic carbocycles. The molecule has 0 atom stereocenters. The number of ketones is 1. The molecule has 2 saturated heterocycles. The molecule has 9 nitrogen and oxygen atoms in total. The molecule has 3 heterocycles.